The van der Waals surface area contributed by atoms with Crippen molar-refractivity contribution in [2.75, 3.05) is 14.1 Å². The van der Waals surface area contributed by atoms with Crippen LogP contribution in [-0.2, 0) is 11.0 Å². The highest BCUT2D eigenvalue weighted by atomic mass is 19.4. The number of aromatic nitrogens is 1. The molecule has 1 amide bonds. The molecule has 0 bridgehead atoms. The van der Waals surface area contributed by atoms with Gasteiger partial charge in [0, 0.05) is 26.4 Å². The van der Waals surface area contributed by atoms with Crippen LogP contribution in [0.1, 0.15) is 11.3 Å². The van der Waals surface area contributed by atoms with Crippen LogP contribution >= 0.6 is 0 Å². The number of rotatable bonds is 2. The maximum Gasteiger partial charge on any atom is 0.433 e. The van der Waals surface area contributed by atoms with Crippen molar-refractivity contribution >= 4 is 12.0 Å². The zero-order valence-electron chi connectivity index (χ0n) is 9.32. The van der Waals surface area contributed by atoms with E-state index in [1.807, 2.05) is 0 Å². The first-order chi connectivity index (χ1) is 7.80. The molecule has 0 saturated heterocycles. The molecule has 0 aliphatic carbocycles. The molecular formula is C11H11F3N2O. The molecule has 1 heterocycles. The fourth-order valence-corrected chi connectivity index (χ4v) is 0.988. The lowest BCUT2D eigenvalue weighted by molar-refractivity contribution is -0.141. The highest BCUT2D eigenvalue weighted by molar-refractivity contribution is 5.91. The molecule has 6 heteroatoms. The average Bonchev–Trinajstić information content (AvgIpc) is 2.25. The topological polar surface area (TPSA) is 33.2 Å². The molecule has 1 rings (SSSR count). The van der Waals surface area contributed by atoms with E-state index in [-0.39, 0.29) is 5.91 Å². The van der Waals surface area contributed by atoms with Crippen LogP contribution in [0.15, 0.2) is 24.4 Å². The number of hydrogen-bond acceptors (Lipinski definition) is 2. The van der Waals surface area contributed by atoms with Gasteiger partial charge in [-0.15, -0.1) is 0 Å². The van der Waals surface area contributed by atoms with Crippen LogP contribution in [0.25, 0.3) is 6.08 Å². The first kappa shape index (κ1) is 13.2. The number of carbonyl (C=O) groups excluding carboxylic acids is 1. The van der Waals surface area contributed by atoms with E-state index in [2.05, 4.69) is 4.98 Å². The van der Waals surface area contributed by atoms with Crippen LogP contribution in [0.4, 0.5) is 13.2 Å². The van der Waals surface area contributed by atoms with Crippen LogP contribution in [0, 0.1) is 0 Å². The van der Waals surface area contributed by atoms with E-state index < -0.39 is 11.9 Å². The molecule has 0 atom stereocenters. The molecule has 3 nitrogen and oxygen atoms in total. The lowest BCUT2D eigenvalue weighted by Crippen LogP contribution is -2.18. The molecule has 0 spiro atoms. The second-order valence-corrected chi connectivity index (χ2v) is 3.54. The van der Waals surface area contributed by atoms with Gasteiger partial charge in [0.1, 0.15) is 5.69 Å². The van der Waals surface area contributed by atoms with Crippen LogP contribution in [-0.4, -0.2) is 29.9 Å². The quantitative estimate of drug-likeness (QED) is 0.747. The predicted octanol–water partition coefficient (Wildman–Crippen LogP) is 2.20. The fraction of sp³-hybridized carbons (Fsp3) is 0.273. The van der Waals surface area contributed by atoms with Crippen molar-refractivity contribution in [3.63, 3.8) is 0 Å². The lowest BCUT2D eigenvalue weighted by Gasteiger charge is -2.06. The van der Waals surface area contributed by atoms with E-state index in [9.17, 15) is 18.0 Å². The molecule has 0 radical (unpaired) electrons. The third-order valence-electron chi connectivity index (χ3n) is 1.94. The second-order valence-electron chi connectivity index (χ2n) is 3.54. The first-order valence-corrected chi connectivity index (χ1v) is 4.73. The minimum atomic E-state index is -4.44. The Morgan fingerprint density at radius 1 is 1.35 bits per heavy atom. The van der Waals surface area contributed by atoms with Crippen LogP contribution < -0.4 is 0 Å². The van der Waals surface area contributed by atoms with Crippen molar-refractivity contribution in [3.8, 4) is 0 Å². The second kappa shape index (κ2) is 4.99. The first-order valence-electron chi connectivity index (χ1n) is 4.73. The maximum absolute atomic E-state index is 12.2. The summed E-state index contributed by atoms with van der Waals surface area (Å²) in [6.45, 7) is 0. The molecule has 0 aliphatic heterocycles. The number of nitrogens with zero attached hydrogens (tertiary/aromatic N) is 2. The third-order valence-corrected chi connectivity index (χ3v) is 1.94. The van der Waals surface area contributed by atoms with Gasteiger partial charge in [0.15, 0.2) is 0 Å². The van der Waals surface area contributed by atoms with Gasteiger partial charge < -0.3 is 4.90 Å². The Morgan fingerprint density at radius 2 is 2.00 bits per heavy atom. The standard InChI is InChI=1S/C11H11F3N2O/c1-16(2)10(17)6-4-8-3-5-9(15-7-8)11(12,13)14/h3-7H,1-2H3. The smallest absolute Gasteiger partial charge is 0.345 e. The summed E-state index contributed by atoms with van der Waals surface area (Å²) in [7, 11) is 3.16. The van der Waals surface area contributed by atoms with Gasteiger partial charge >= 0.3 is 6.18 Å². The van der Waals surface area contributed by atoms with Crippen LogP contribution in [0.5, 0.6) is 0 Å². The Balaban J connectivity index is 2.79. The number of amides is 1. The molecule has 0 fully saturated rings. The molecule has 0 unspecified atom stereocenters. The molecule has 1 aromatic heterocycles. The minimum absolute atomic E-state index is 0.245. The summed E-state index contributed by atoms with van der Waals surface area (Å²) < 4.78 is 36.6. The van der Waals surface area contributed by atoms with Gasteiger partial charge in [0.25, 0.3) is 0 Å². The van der Waals surface area contributed by atoms with Crippen LogP contribution in [0.2, 0.25) is 0 Å². The van der Waals surface area contributed by atoms with Crippen molar-refractivity contribution < 1.29 is 18.0 Å². The Bertz CT molecular complexity index is 421. The Hall–Kier alpha value is -1.85. The molecule has 0 aliphatic rings. The van der Waals surface area contributed by atoms with Crippen LogP contribution in [0.3, 0.4) is 0 Å². The number of carbonyl (C=O) groups is 1. The molecule has 1 aromatic rings. The molecular weight excluding hydrogens is 233 g/mol. The van der Waals surface area contributed by atoms with E-state index in [0.717, 1.165) is 12.3 Å². The van der Waals surface area contributed by atoms with Crippen molar-refractivity contribution in [3.05, 3.63) is 35.7 Å². The highest BCUT2D eigenvalue weighted by Gasteiger charge is 2.31. The highest BCUT2D eigenvalue weighted by Crippen LogP contribution is 2.27. The number of halogens is 3. The number of hydrogen-bond donors (Lipinski definition) is 0. The Kier molecular flexibility index (Phi) is 3.88. The van der Waals surface area contributed by atoms with Gasteiger partial charge in [-0.1, -0.05) is 6.07 Å². The molecule has 17 heavy (non-hydrogen) atoms. The third kappa shape index (κ3) is 3.90. The fourth-order valence-electron chi connectivity index (χ4n) is 0.988. The largest absolute Gasteiger partial charge is 0.433 e. The monoisotopic (exact) mass is 244 g/mol. The van der Waals surface area contributed by atoms with E-state index in [0.29, 0.717) is 5.56 Å². The van der Waals surface area contributed by atoms with E-state index >= 15 is 0 Å². The number of likely N-dealkylation sites (N-methyl/N-ethyl adjacent to an activating group) is 1. The lowest BCUT2D eigenvalue weighted by atomic mass is 10.2. The summed E-state index contributed by atoms with van der Waals surface area (Å²) in [6, 6.07) is 2.13. The number of alkyl halides is 3. The van der Waals surface area contributed by atoms with E-state index in [4.69, 9.17) is 0 Å². The van der Waals surface area contributed by atoms with Crippen molar-refractivity contribution in [2.45, 2.75) is 6.18 Å². The van der Waals surface area contributed by atoms with Gasteiger partial charge in [-0.25, -0.2) is 0 Å². The van der Waals surface area contributed by atoms with Gasteiger partial charge in [-0.3, -0.25) is 9.78 Å². The van der Waals surface area contributed by atoms with Crippen molar-refractivity contribution in [1.29, 1.82) is 0 Å². The number of pyridine rings is 1. The van der Waals surface area contributed by atoms with E-state index in [1.165, 1.54) is 23.1 Å². The van der Waals surface area contributed by atoms with Gasteiger partial charge in [-0.05, 0) is 17.7 Å². The molecule has 0 N–H and O–H groups in total. The average molecular weight is 244 g/mol. The molecule has 0 saturated carbocycles. The predicted molar refractivity (Wildman–Crippen MR) is 57.0 cm³/mol. The summed E-state index contributed by atoms with van der Waals surface area (Å²) >= 11 is 0. The molecule has 0 aromatic carbocycles. The summed E-state index contributed by atoms with van der Waals surface area (Å²) in [5, 5.41) is 0. The van der Waals surface area contributed by atoms with Gasteiger partial charge in [0.2, 0.25) is 5.91 Å². The Morgan fingerprint density at radius 3 is 2.41 bits per heavy atom. The SMILES string of the molecule is CN(C)C(=O)C=Cc1ccc(C(F)(F)F)nc1. The summed E-state index contributed by atoms with van der Waals surface area (Å²) in [6.07, 6.45) is -0.691. The summed E-state index contributed by atoms with van der Waals surface area (Å²) in [5.41, 5.74) is -0.512. The summed E-state index contributed by atoms with van der Waals surface area (Å²) in [4.78, 5) is 15.8. The Labute approximate surface area is 96.6 Å². The maximum atomic E-state index is 12.2. The van der Waals surface area contributed by atoms with E-state index in [1.54, 1.807) is 14.1 Å². The normalized spacial score (nSPS) is 11.8. The zero-order chi connectivity index (χ0) is 13.1. The van der Waals surface area contributed by atoms with Crippen molar-refractivity contribution in [1.82, 2.24) is 9.88 Å². The zero-order valence-corrected chi connectivity index (χ0v) is 9.32. The van der Waals surface area contributed by atoms with Gasteiger partial charge in [-0.2, -0.15) is 13.2 Å². The van der Waals surface area contributed by atoms with Gasteiger partial charge in [0.05, 0.1) is 0 Å². The van der Waals surface area contributed by atoms with Crippen molar-refractivity contribution in [2.24, 2.45) is 0 Å². The summed E-state index contributed by atoms with van der Waals surface area (Å²) in [5.74, 6) is -0.245. The molecule has 92 valence electrons. The minimum Gasteiger partial charge on any atom is -0.345 e.